The summed E-state index contributed by atoms with van der Waals surface area (Å²) in [5.74, 6) is -0.410. The molecule has 0 aliphatic carbocycles. The molecule has 0 fully saturated rings. The van der Waals surface area contributed by atoms with Crippen LogP contribution in [0, 0.1) is 5.92 Å². The summed E-state index contributed by atoms with van der Waals surface area (Å²) >= 11 is 0. The van der Waals surface area contributed by atoms with Crippen molar-refractivity contribution in [3.05, 3.63) is 48.2 Å². The summed E-state index contributed by atoms with van der Waals surface area (Å²) < 4.78 is 5.17. The Morgan fingerprint density at radius 1 is 1.27 bits per heavy atom. The predicted molar refractivity (Wildman–Crippen MR) is 84.7 cm³/mol. The molecule has 0 aliphatic rings. The minimum absolute atomic E-state index is 0.0250. The molecule has 0 heterocycles. The van der Waals surface area contributed by atoms with Crippen molar-refractivity contribution in [1.82, 2.24) is 10.6 Å². The smallest absolute Gasteiger partial charge is 0.408 e. The summed E-state index contributed by atoms with van der Waals surface area (Å²) in [7, 11) is 0. The monoisotopic (exact) mass is 305 g/mol. The van der Waals surface area contributed by atoms with Gasteiger partial charge >= 0.3 is 6.09 Å². The molecule has 4 N–H and O–H groups in total. The second-order valence-corrected chi connectivity index (χ2v) is 5.27. The number of nitrogens with two attached hydrogens (primary N) is 1. The Kier molecular flexibility index (Phi) is 6.95. The van der Waals surface area contributed by atoms with Crippen LogP contribution in [0.5, 0.6) is 0 Å². The Morgan fingerprint density at radius 3 is 2.45 bits per heavy atom. The third-order valence-electron chi connectivity index (χ3n) is 3.02. The number of primary amides is 1. The van der Waals surface area contributed by atoms with E-state index >= 15 is 0 Å². The predicted octanol–water partition coefficient (Wildman–Crippen LogP) is 1.53. The van der Waals surface area contributed by atoms with Crippen LogP contribution in [0.1, 0.15) is 19.4 Å². The van der Waals surface area contributed by atoms with Crippen LogP contribution in [0.15, 0.2) is 42.6 Å². The molecule has 0 bridgehead atoms. The summed E-state index contributed by atoms with van der Waals surface area (Å²) in [6.45, 7) is 7.86. The first-order chi connectivity index (χ1) is 10.4. The number of rotatable bonds is 8. The van der Waals surface area contributed by atoms with E-state index < -0.39 is 12.0 Å². The van der Waals surface area contributed by atoms with Crippen LogP contribution in [-0.4, -0.2) is 24.6 Å². The van der Waals surface area contributed by atoms with Crippen molar-refractivity contribution in [2.75, 3.05) is 6.54 Å². The topological polar surface area (TPSA) is 93.5 Å². The van der Waals surface area contributed by atoms with Gasteiger partial charge in [-0.2, -0.15) is 0 Å². The molecule has 1 rings (SSSR count). The highest BCUT2D eigenvalue weighted by molar-refractivity contribution is 5.76. The summed E-state index contributed by atoms with van der Waals surface area (Å²) in [5.41, 5.74) is 6.50. The van der Waals surface area contributed by atoms with Crippen molar-refractivity contribution in [3.63, 3.8) is 0 Å². The number of hydrogen-bond donors (Lipinski definition) is 3. The minimum Gasteiger partial charge on any atom is -0.445 e. The lowest BCUT2D eigenvalue weighted by molar-refractivity contribution is -0.117. The summed E-state index contributed by atoms with van der Waals surface area (Å²) in [5, 5.41) is 5.54. The van der Waals surface area contributed by atoms with Crippen molar-refractivity contribution < 1.29 is 14.3 Å². The first kappa shape index (κ1) is 17.6. The average Bonchev–Trinajstić information content (AvgIpc) is 2.49. The number of amides is 2. The summed E-state index contributed by atoms with van der Waals surface area (Å²) in [4.78, 5) is 22.7. The van der Waals surface area contributed by atoms with Crippen molar-refractivity contribution in [1.29, 1.82) is 0 Å². The molecule has 0 saturated heterocycles. The molecular weight excluding hydrogens is 282 g/mol. The van der Waals surface area contributed by atoms with E-state index in [-0.39, 0.29) is 25.1 Å². The molecule has 1 aromatic rings. The number of hydrogen-bond acceptors (Lipinski definition) is 4. The standard InChI is InChI=1S/C16H23N3O3/c1-11(2)15(12(3)18-9-14(17)20)19-16(21)22-10-13-7-5-4-6-8-13/h4-8,11,15,18H,3,9-10H2,1-2H3,(H2,17,20)(H,19,21). The van der Waals surface area contributed by atoms with Gasteiger partial charge in [-0.25, -0.2) is 4.79 Å². The number of nitrogens with one attached hydrogen (secondary N) is 2. The zero-order valence-corrected chi connectivity index (χ0v) is 13.0. The van der Waals surface area contributed by atoms with Gasteiger partial charge in [0, 0.05) is 5.70 Å². The van der Waals surface area contributed by atoms with Gasteiger partial charge in [0.15, 0.2) is 0 Å². The molecule has 6 nitrogen and oxygen atoms in total. The molecule has 22 heavy (non-hydrogen) atoms. The second-order valence-electron chi connectivity index (χ2n) is 5.27. The van der Waals surface area contributed by atoms with Gasteiger partial charge in [-0.3, -0.25) is 4.79 Å². The van der Waals surface area contributed by atoms with Crippen LogP contribution >= 0.6 is 0 Å². The van der Waals surface area contributed by atoms with E-state index in [0.717, 1.165) is 5.56 Å². The molecular formula is C16H23N3O3. The van der Waals surface area contributed by atoms with Gasteiger partial charge in [-0.05, 0) is 11.5 Å². The van der Waals surface area contributed by atoms with Gasteiger partial charge in [0.1, 0.15) is 6.61 Å². The Balaban J connectivity index is 2.50. The molecule has 0 spiro atoms. The van der Waals surface area contributed by atoms with Crippen LogP contribution in [0.3, 0.4) is 0 Å². The summed E-state index contributed by atoms with van der Waals surface area (Å²) in [6, 6.07) is 9.04. The van der Waals surface area contributed by atoms with Crippen LogP contribution < -0.4 is 16.4 Å². The van der Waals surface area contributed by atoms with E-state index in [1.54, 1.807) is 0 Å². The van der Waals surface area contributed by atoms with E-state index in [1.165, 1.54) is 0 Å². The Hall–Kier alpha value is -2.50. The first-order valence-corrected chi connectivity index (χ1v) is 7.08. The van der Waals surface area contributed by atoms with E-state index in [4.69, 9.17) is 10.5 Å². The highest BCUT2D eigenvalue weighted by Crippen LogP contribution is 2.09. The summed E-state index contributed by atoms with van der Waals surface area (Å²) in [6.07, 6.45) is -0.537. The Bertz CT molecular complexity index is 515. The molecule has 0 aliphatic heterocycles. The molecule has 1 aromatic carbocycles. The molecule has 0 aromatic heterocycles. The quantitative estimate of drug-likeness (QED) is 0.679. The SMILES string of the molecule is C=C(NCC(N)=O)C(NC(=O)OCc1ccccc1)C(C)C. The van der Waals surface area contributed by atoms with Gasteiger partial charge in [-0.15, -0.1) is 0 Å². The molecule has 0 radical (unpaired) electrons. The van der Waals surface area contributed by atoms with Gasteiger partial charge in [0.2, 0.25) is 5.91 Å². The van der Waals surface area contributed by atoms with Crippen LogP contribution in [-0.2, 0) is 16.1 Å². The van der Waals surface area contributed by atoms with Gasteiger partial charge in [-0.1, -0.05) is 50.8 Å². The zero-order valence-electron chi connectivity index (χ0n) is 13.0. The number of carbonyl (C=O) groups excluding carboxylic acids is 2. The van der Waals surface area contributed by atoms with E-state index in [0.29, 0.717) is 5.70 Å². The van der Waals surface area contributed by atoms with E-state index in [1.807, 2.05) is 44.2 Å². The van der Waals surface area contributed by atoms with Crippen molar-refractivity contribution in [2.45, 2.75) is 26.5 Å². The lowest BCUT2D eigenvalue weighted by Gasteiger charge is -2.24. The minimum atomic E-state index is -0.537. The average molecular weight is 305 g/mol. The highest BCUT2D eigenvalue weighted by atomic mass is 16.5. The zero-order chi connectivity index (χ0) is 16.5. The highest BCUT2D eigenvalue weighted by Gasteiger charge is 2.20. The maximum Gasteiger partial charge on any atom is 0.408 e. The van der Waals surface area contributed by atoms with Crippen LogP contribution in [0.25, 0.3) is 0 Å². The molecule has 2 amide bonds. The normalized spacial score (nSPS) is 11.6. The van der Waals surface area contributed by atoms with Crippen LogP contribution in [0.2, 0.25) is 0 Å². The lowest BCUT2D eigenvalue weighted by Crippen LogP contribution is -2.44. The molecule has 1 atom stereocenters. The van der Waals surface area contributed by atoms with Crippen LogP contribution in [0.4, 0.5) is 4.79 Å². The Morgan fingerprint density at radius 2 is 1.91 bits per heavy atom. The van der Waals surface area contributed by atoms with Crippen molar-refractivity contribution >= 4 is 12.0 Å². The second kappa shape index (κ2) is 8.71. The Labute approximate surface area is 130 Å². The third-order valence-corrected chi connectivity index (χ3v) is 3.02. The van der Waals surface area contributed by atoms with Crippen molar-refractivity contribution in [2.24, 2.45) is 11.7 Å². The van der Waals surface area contributed by atoms with Gasteiger partial charge < -0.3 is 21.1 Å². The third kappa shape index (κ3) is 6.30. The number of alkyl carbamates (subject to hydrolysis) is 1. The fraction of sp³-hybridized carbons (Fsp3) is 0.375. The molecule has 120 valence electrons. The fourth-order valence-electron chi connectivity index (χ4n) is 1.86. The largest absolute Gasteiger partial charge is 0.445 e. The molecule has 0 saturated carbocycles. The van der Waals surface area contributed by atoms with Gasteiger partial charge in [0.05, 0.1) is 12.6 Å². The number of benzene rings is 1. The fourth-order valence-corrected chi connectivity index (χ4v) is 1.86. The number of ether oxygens (including phenoxy) is 1. The van der Waals surface area contributed by atoms with E-state index in [9.17, 15) is 9.59 Å². The molecule has 6 heteroatoms. The van der Waals surface area contributed by atoms with Crippen molar-refractivity contribution in [3.8, 4) is 0 Å². The maximum atomic E-state index is 11.9. The molecule has 1 unspecified atom stereocenters. The van der Waals surface area contributed by atoms with E-state index in [2.05, 4.69) is 17.2 Å². The maximum absolute atomic E-state index is 11.9. The van der Waals surface area contributed by atoms with Gasteiger partial charge in [0.25, 0.3) is 0 Å². The lowest BCUT2D eigenvalue weighted by atomic mass is 10.0. The number of carbonyl (C=O) groups is 2. The first-order valence-electron chi connectivity index (χ1n) is 7.08.